The first-order valence-corrected chi connectivity index (χ1v) is 6.72. The maximum Gasteiger partial charge on any atom is 0.251 e. The number of hydrogen-bond donors (Lipinski definition) is 2. The van der Waals surface area contributed by atoms with Gasteiger partial charge in [0, 0.05) is 31.0 Å². The van der Waals surface area contributed by atoms with E-state index in [-0.39, 0.29) is 11.8 Å². The van der Waals surface area contributed by atoms with Crippen LogP contribution in [-0.4, -0.2) is 32.0 Å². The van der Waals surface area contributed by atoms with Gasteiger partial charge in [-0.15, -0.1) is 0 Å². The average Bonchev–Trinajstić information content (AvgIpc) is 2.50. The fourth-order valence-corrected chi connectivity index (χ4v) is 2.16. The number of rotatable bonds is 5. The number of nitrogens with one attached hydrogen (secondary N) is 2. The summed E-state index contributed by atoms with van der Waals surface area (Å²) in [5, 5.41) is 7.16. The van der Waals surface area contributed by atoms with Crippen LogP contribution in [0.3, 0.4) is 0 Å². The zero-order valence-electron chi connectivity index (χ0n) is 12.1. The summed E-state index contributed by atoms with van der Waals surface area (Å²) in [6, 6.07) is 11.1. The molecule has 0 saturated carbocycles. The van der Waals surface area contributed by atoms with Gasteiger partial charge in [0.25, 0.3) is 5.91 Å². The summed E-state index contributed by atoms with van der Waals surface area (Å²) in [7, 11) is 1.61. The fourth-order valence-electron chi connectivity index (χ4n) is 2.16. The van der Waals surface area contributed by atoms with E-state index in [0.717, 1.165) is 16.5 Å². The number of hydrogen-bond acceptors (Lipinski definition) is 3. The van der Waals surface area contributed by atoms with Gasteiger partial charge in [-0.25, -0.2) is 0 Å². The Morgan fingerprint density at radius 3 is 2.33 bits per heavy atom. The van der Waals surface area contributed by atoms with Crippen LogP contribution >= 0.6 is 0 Å². The van der Waals surface area contributed by atoms with Crippen molar-refractivity contribution in [2.75, 3.05) is 20.2 Å². The molecule has 2 rings (SSSR count). The molecule has 0 aromatic heterocycles. The zero-order chi connectivity index (χ0) is 15.2. The van der Waals surface area contributed by atoms with Crippen LogP contribution in [0, 0.1) is 0 Å². The lowest BCUT2D eigenvalue weighted by Crippen LogP contribution is -2.33. The van der Waals surface area contributed by atoms with Crippen molar-refractivity contribution in [3.8, 4) is 5.75 Å². The largest absolute Gasteiger partial charge is 0.496 e. The van der Waals surface area contributed by atoms with Crippen molar-refractivity contribution in [2.24, 2.45) is 0 Å². The number of carbonyl (C=O) groups is 2. The fraction of sp³-hybridized carbons (Fsp3) is 0.250. The highest BCUT2D eigenvalue weighted by atomic mass is 16.5. The highest BCUT2D eigenvalue weighted by molar-refractivity contribution is 6.08. The lowest BCUT2D eigenvalue weighted by Gasteiger charge is -2.11. The van der Waals surface area contributed by atoms with Gasteiger partial charge in [0.2, 0.25) is 5.91 Å². The molecule has 5 nitrogen and oxygen atoms in total. The smallest absolute Gasteiger partial charge is 0.251 e. The van der Waals surface area contributed by atoms with Gasteiger partial charge in [-0.2, -0.15) is 0 Å². The molecule has 110 valence electrons. The van der Waals surface area contributed by atoms with Crippen molar-refractivity contribution < 1.29 is 14.3 Å². The van der Waals surface area contributed by atoms with Crippen LogP contribution in [0.25, 0.3) is 10.8 Å². The third-order valence-electron chi connectivity index (χ3n) is 3.13. The molecule has 0 aliphatic rings. The molecule has 2 aromatic rings. The third-order valence-corrected chi connectivity index (χ3v) is 3.13. The van der Waals surface area contributed by atoms with E-state index < -0.39 is 0 Å². The van der Waals surface area contributed by atoms with Gasteiger partial charge in [-0.3, -0.25) is 9.59 Å². The van der Waals surface area contributed by atoms with E-state index in [2.05, 4.69) is 10.6 Å². The minimum atomic E-state index is -0.167. The Bertz CT molecular complexity index is 668. The van der Waals surface area contributed by atoms with Crippen LogP contribution in [0.2, 0.25) is 0 Å². The summed E-state index contributed by atoms with van der Waals surface area (Å²) in [6.45, 7) is 2.24. The molecule has 0 bridgehead atoms. The van der Waals surface area contributed by atoms with E-state index in [1.165, 1.54) is 6.92 Å². The highest BCUT2D eigenvalue weighted by Gasteiger charge is 2.12. The number of fused-ring (bicyclic) bond motifs is 1. The molecule has 0 aliphatic heterocycles. The summed E-state index contributed by atoms with van der Waals surface area (Å²) in [6.07, 6.45) is 0. The molecule has 5 heteroatoms. The van der Waals surface area contributed by atoms with E-state index in [9.17, 15) is 9.59 Å². The molecule has 0 spiro atoms. The van der Waals surface area contributed by atoms with Crippen LogP contribution in [-0.2, 0) is 4.79 Å². The highest BCUT2D eigenvalue weighted by Crippen LogP contribution is 2.28. The summed E-state index contributed by atoms with van der Waals surface area (Å²) in [5.41, 5.74) is 0.592. The summed E-state index contributed by atoms with van der Waals surface area (Å²) >= 11 is 0. The molecule has 21 heavy (non-hydrogen) atoms. The molecule has 0 saturated heterocycles. The van der Waals surface area contributed by atoms with Crippen LogP contribution < -0.4 is 15.4 Å². The maximum absolute atomic E-state index is 12.2. The second-order valence-electron chi connectivity index (χ2n) is 4.60. The van der Waals surface area contributed by atoms with Crippen molar-refractivity contribution in [2.45, 2.75) is 6.92 Å². The van der Waals surface area contributed by atoms with E-state index in [0.29, 0.717) is 18.7 Å². The molecular weight excluding hydrogens is 268 g/mol. The topological polar surface area (TPSA) is 67.4 Å². The summed E-state index contributed by atoms with van der Waals surface area (Å²) in [4.78, 5) is 23.0. The first-order valence-electron chi connectivity index (χ1n) is 6.72. The standard InChI is InChI=1S/C16H18N2O3/c1-11(19)17-9-10-18-16(20)14-7-8-15(21-2)13-6-4-3-5-12(13)14/h3-8H,9-10H2,1-2H3,(H,17,19)(H,18,20). The normalized spacial score (nSPS) is 10.2. The molecule has 0 aliphatic carbocycles. The minimum absolute atomic E-state index is 0.112. The zero-order valence-corrected chi connectivity index (χ0v) is 12.1. The van der Waals surface area contributed by atoms with E-state index in [4.69, 9.17) is 4.74 Å². The lowest BCUT2D eigenvalue weighted by molar-refractivity contribution is -0.118. The van der Waals surface area contributed by atoms with Crippen molar-refractivity contribution in [1.82, 2.24) is 10.6 Å². The van der Waals surface area contributed by atoms with Gasteiger partial charge >= 0.3 is 0 Å². The Morgan fingerprint density at radius 2 is 1.67 bits per heavy atom. The molecule has 0 radical (unpaired) electrons. The van der Waals surface area contributed by atoms with Gasteiger partial charge < -0.3 is 15.4 Å². The van der Waals surface area contributed by atoms with E-state index in [1.807, 2.05) is 24.3 Å². The van der Waals surface area contributed by atoms with Gasteiger partial charge in [-0.1, -0.05) is 24.3 Å². The molecule has 2 amide bonds. The predicted octanol–water partition coefficient (Wildman–Crippen LogP) is 1.71. The molecule has 2 aromatic carbocycles. The number of benzene rings is 2. The summed E-state index contributed by atoms with van der Waals surface area (Å²) in [5.74, 6) is 0.457. The van der Waals surface area contributed by atoms with Gasteiger partial charge in [0.15, 0.2) is 0 Å². The number of amides is 2. The van der Waals surface area contributed by atoms with E-state index in [1.54, 1.807) is 19.2 Å². The number of ether oxygens (including phenoxy) is 1. The summed E-state index contributed by atoms with van der Waals surface area (Å²) < 4.78 is 5.31. The Labute approximate surface area is 123 Å². The van der Waals surface area contributed by atoms with Crippen molar-refractivity contribution in [3.05, 3.63) is 42.0 Å². The minimum Gasteiger partial charge on any atom is -0.496 e. The molecule has 0 heterocycles. The SMILES string of the molecule is COc1ccc(C(=O)NCCNC(C)=O)c2ccccc12. The average molecular weight is 286 g/mol. The molecule has 2 N–H and O–H groups in total. The van der Waals surface area contributed by atoms with Crippen LogP contribution in [0.4, 0.5) is 0 Å². The molecule has 0 unspecified atom stereocenters. The Morgan fingerprint density at radius 1 is 1.00 bits per heavy atom. The van der Waals surface area contributed by atoms with Crippen LogP contribution in [0.5, 0.6) is 5.75 Å². The molecular formula is C16H18N2O3. The Kier molecular flexibility index (Phi) is 4.77. The lowest BCUT2D eigenvalue weighted by atomic mass is 10.0. The monoisotopic (exact) mass is 286 g/mol. The predicted molar refractivity (Wildman–Crippen MR) is 81.5 cm³/mol. The number of carbonyl (C=O) groups excluding carboxylic acids is 2. The Hall–Kier alpha value is -2.56. The van der Waals surface area contributed by atoms with E-state index >= 15 is 0 Å². The first-order chi connectivity index (χ1) is 10.1. The second kappa shape index (κ2) is 6.74. The first kappa shape index (κ1) is 14.8. The Balaban J connectivity index is 2.18. The van der Waals surface area contributed by atoms with Gasteiger partial charge in [-0.05, 0) is 17.5 Å². The van der Waals surface area contributed by atoms with Gasteiger partial charge in [0.05, 0.1) is 7.11 Å². The maximum atomic E-state index is 12.2. The van der Waals surface area contributed by atoms with Crippen molar-refractivity contribution in [1.29, 1.82) is 0 Å². The van der Waals surface area contributed by atoms with Crippen LogP contribution in [0.15, 0.2) is 36.4 Å². The number of methoxy groups -OCH3 is 1. The third kappa shape index (κ3) is 3.51. The molecule has 0 fully saturated rings. The quantitative estimate of drug-likeness (QED) is 0.822. The van der Waals surface area contributed by atoms with Gasteiger partial charge in [0.1, 0.15) is 5.75 Å². The van der Waals surface area contributed by atoms with Crippen LogP contribution in [0.1, 0.15) is 17.3 Å². The van der Waals surface area contributed by atoms with Crippen molar-refractivity contribution in [3.63, 3.8) is 0 Å². The second-order valence-corrected chi connectivity index (χ2v) is 4.60. The van der Waals surface area contributed by atoms with Crippen molar-refractivity contribution >= 4 is 22.6 Å². The molecule has 0 atom stereocenters.